The summed E-state index contributed by atoms with van der Waals surface area (Å²) in [5, 5.41) is 11.4. The van der Waals surface area contributed by atoms with Crippen molar-refractivity contribution >= 4 is 22.6 Å². The van der Waals surface area contributed by atoms with Gasteiger partial charge in [0.2, 0.25) is 0 Å². The van der Waals surface area contributed by atoms with Gasteiger partial charge in [-0.05, 0) is 77.6 Å². The summed E-state index contributed by atoms with van der Waals surface area (Å²) in [4.78, 5) is 32.6. The topological polar surface area (TPSA) is 107 Å². The number of pyridine rings is 2. The monoisotopic (exact) mass is 710 g/mol. The Morgan fingerprint density at radius 2 is 1.79 bits per heavy atom. The number of aromatic amines is 1. The number of nitrogens with one attached hydrogen (secondary N) is 1. The Kier molecular flexibility index (Phi) is 8.26. The van der Waals surface area contributed by atoms with Crippen LogP contribution in [0.1, 0.15) is 39.9 Å². The number of anilines is 1. The number of aromatic nitrogens is 3. The SMILES string of the molecule is O=C1c2c(F)cc(C3(F)CC3)cc2OCCN1c1cc(F)cc(-c2ccnc3[nH]c(-c4ccc(CN5CCN(C6COC6)CC5)cn4)cc23)c1CO. The van der Waals surface area contributed by atoms with E-state index in [2.05, 4.69) is 25.8 Å². The van der Waals surface area contributed by atoms with Crippen LogP contribution in [0.4, 0.5) is 18.9 Å². The predicted octanol–water partition coefficient (Wildman–Crippen LogP) is 5.58. The van der Waals surface area contributed by atoms with Gasteiger partial charge in [-0.3, -0.25) is 19.6 Å². The number of aliphatic hydroxyl groups is 1. The van der Waals surface area contributed by atoms with Crippen LogP contribution in [0.3, 0.4) is 0 Å². The number of amides is 1. The standard InChI is InChI=1S/C39H37F3N6O4/c40-25-15-28(30(20-49)34(16-25)48-11-12-52-35-14-24(39(42)4-5-39)13-31(41)36(35)38(48)50)27-3-6-43-37-29(27)17-33(45-37)32-2-1-23(18-44-32)19-46-7-9-47(10-8-46)26-21-51-22-26/h1-3,6,13-18,26,49H,4-5,7-12,19-22H2,(H,43,45). The van der Waals surface area contributed by atoms with Crippen molar-refractivity contribution in [2.24, 2.45) is 0 Å². The quantitative estimate of drug-likeness (QED) is 0.215. The molecule has 9 rings (SSSR count). The second-order valence-electron chi connectivity index (χ2n) is 14.1. The summed E-state index contributed by atoms with van der Waals surface area (Å²) in [6.45, 7) is 5.92. The molecule has 0 bridgehead atoms. The molecule has 2 N–H and O–H groups in total. The van der Waals surface area contributed by atoms with Crippen LogP contribution in [0.2, 0.25) is 0 Å². The van der Waals surface area contributed by atoms with Gasteiger partial charge < -0.3 is 24.5 Å². The molecular weight excluding hydrogens is 673 g/mol. The molecule has 3 aliphatic heterocycles. The Morgan fingerprint density at radius 3 is 2.50 bits per heavy atom. The number of fused-ring (bicyclic) bond motifs is 2. The Hall–Kier alpha value is -4.82. The van der Waals surface area contributed by atoms with Gasteiger partial charge in [-0.1, -0.05) is 6.07 Å². The lowest BCUT2D eigenvalue weighted by Crippen LogP contribution is -2.56. The fraction of sp³-hybridized carbons (Fsp3) is 0.359. The number of benzene rings is 2. The Balaban J connectivity index is 1.000. The van der Waals surface area contributed by atoms with Gasteiger partial charge in [0.25, 0.3) is 5.91 Å². The van der Waals surface area contributed by atoms with Gasteiger partial charge in [0.15, 0.2) is 0 Å². The average Bonchev–Trinajstić information content (AvgIpc) is 3.77. The van der Waals surface area contributed by atoms with E-state index >= 15 is 8.78 Å². The van der Waals surface area contributed by atoms with Crippen molar-refractivity contribution in [3.05, 3.63) is 94.8 Å². The Bertz CT molecular complexity index is 2180. The second kappa shape index (κ2) is 13.0. The first-order valence-electron chi connectivity index (χ1n) is 17.7. The fourth-order valence-electron chi connectivity index (χ4n) is 7.60. The molecule has 3 aromatic heterocycles. The van der Waals surface area contributed by atoms with Gasteiger partial charge in [0.05, 0.1) is 49.5 Å². The molecule has 1 saturated carbocycles. The first kappa shape index (κ1) is 33.0. The molecule has 0 unspecified atom stereocenters. The number of carbonyl (C=O) groups excluding carboxylic acids is 1. The van der Waals surface area contributed by atoms with Crippen molar-refractivity contribution in [1.82, 2.24) is 24.8 Å². The van der Waals surface area contributed by atoms with E-state index in [9.17, 15) is 14.3 Å². The van der Waals surface area contributed by atoms with Crippen LogP contribution in [0.5, 0.6) is 5.75 Å². The van der Waals surface area contributed by atoms with Crippen LogP contribution in [0.15, 0.2) is 60.9 Å². The van der Waals surface area contributed by atoms with E-state index in [0.717, 1.165) is 63.6 Å². The zero-order chi connectivity index (χ0) is 35.6. The summed E-state index contributed by atoms with van der Waals surface area (Å²) >= 11 is 0. The highest BCUT2D eigenvalue weighted by atomic mass is 19.1. The predicted molar refractivity (Wildman–Crippen MR) is 188 cm³/mol. The van der Waals surface area contributed by atoms with Crippen LogP contribution in [-0.4, -0.2) is 94.4 Å². The van der Waals surface area contributed by atoms with E-state index in [1.807, 2.05) is 18.3 Å². The Labute approximate surface area is 297 Å². The molecule has 1 amide bonds. The van der Waals surface area contributed by atoms with E-state index < -0.39 is 29.8 Å². The first-order chi connectivity index (χ1) is 25.3. The number of carbonyl (C=O) groups is 1. The van der Waals surface area contributed by atoms with Crippen molar-refractivity contribution in [2.45, 2.75) is 37.7 Å². The largest absolute Gasteiger partial charge is 0.491 e. The van der Waals surface area contributed by atoms with Gasteiger partial charge in [-0.15, -0.1) is 0 Å². The van der Waals surface area contributed by atoms with Crippen LogP contribution in [0.25, 0.3) is 33.5 Å². The summed E-state index contributed by atoms with van der Waals surface area (Å²) in [7, 11) is 0. The number of H-pyrrole nitrogens is 1. The summed E-state index contributed by atoms with van der Waals surface area (Å²) in [6.07, 6.45) is 4.03. The minimum Gasteiger partial charge on any atom is -0.491 e. The normalized spacial score (nSPS) is 19.3. The van der Waals surface area contributed by atoms with Crippen molar-refractivity contribution in [1.29, 1.82) is 0 Å². The molecule has 268 valence electrons. The number of piperazine rings is 1. The average molecular weight is 711 g/mol. The molecule has 10 nitrogen and oxygen atoms in total. The van der Waals surface area contributed by atoms with Crippen LogP contribution < -0.4 is 9.64 Å². The van der Waals surface area contributed by atoms with Gasteiger partial charge in [-0.2, -0.15) is 0 Å². The highest BCUT2D eigenvalue weighted by Gasteiger charge is 2.46. The zero-order valence-corrected chi connectivity index (χ0v) is 28.4. The molecule has 0 spiro atoms. The van der Waals surface area contributed by atoms with E-state index in [0.29, 0.717) is 39.6 Å². The summed E-state index contributed by atoms with van der Waals surface area (Å²) in [5.74, 6) is -2.38. The molecule has 0 atom stereocenters. The lowest BCUT2D eigenvalue weighted by molar-refractivity contribution is -0.0774. The third kappa shape index (κ3) is 5.91. The van der Waals surface area contributed by atoms with Gasteiger partial charge in [0, 0.05) is 56.1 Å². The van der Waals surface area contributed by atoms with E-state index in [-0.39, 0.29) is 54.1 Å². The number of hydrogen-bond acceptors (Lipinski definition) is 8. The van der Waals surface area contributed by atoms with Crippen LogP contribution in [0, 0.1) is 11.6 Å². The molecule has 3 fully saturated rings. The second-order valence-corrected chi connectivity index (χ2v) is 14.1. The number of hydrogen-bond donors (Lipinski definition) is 2. The highest BCUT2D eigenvalue weighted by Crippen LogP contribution is 2.51. The summed E-state index contributed by atoms with van der Waals surface area (Å²) in [6, 6.07) is 13.1. The molecule has 2 aromatic carbocycles. The summed E-state index contributed by atoms with van der Waals surface area (Å²) in [5.41, 5.74) is 2.53. The number of aliphatic hydroxyl groups excluding tert-OH is 1. The molecule has 1 aliphatic carbocycles. The van der Waals surface area contributed by atoms with E-state index in [1.165, 1.54) is 17.0 Å². The van der Waals surface area contributed by atoms with Crippen molar-refractivity contribution in [3.63, 3.8) is 0 Å². The van der Waals surface area contributed by atoms with Gasteiger partial charge >= 0.3 is 0 Å². The first-order valence-corrected chi connectivity index (χ1v) is 17.7. The van der Waals surface area contributed by atoms with Crippen molar-refractivity contribution in [3.8, 4) is 28.3 Å². The number of ether oxygens (including phenoxy) is 2. The number of alkyl halides is 1. The third-order valence-electron chi connectivity index (χ3n) is 10.8. The lowest BCUT2D eigenvalue weighted by Gasteiger charge is -2.42. The van der Waals surface area contributed by atoms with Crippen molar-refractivity contribution < 1.29 is 32.5 Å². The zero-order valence-electron chi connectivity index (χ0n) is 28.4. The maximum absolute atomic E-state index is 15.5. The molecule has 0 radical (unpaired) electrons. The van der Waals surface area contributed by atoms with E-state index in [1.54, 1.807) is 12.3 Å². The van der Waals surface area contributed by atoms with Crippen LogP contribution in [-0.2, 0) is 23.6 Å². The number of rotatable bonds is 8. The maximum Gasteiger partial charge on any atom is 0.265 e. The molecule has 4 aliphatic rings. The van der Waals surface area contributed by atoms with Crippen molar-refractivity contribution in [2.75, 3.05) is 57.4 Å². The minimum atomic E-state index is -1.62. The number of halogens is 3. The lowest BCUT2D eigenvalue weighted by atomic mass is 9.95. The van der Waals surface area contributed by atoms with Crippen LogP contribution >= 0.6 is 0 Å². The van der Waals surface area contributed by atoms with Gasteiger partial charge in [0.1, 0.15) is 40.9 Å². The Morgan fingerprint density at radius 1 is 0.962 bits per heavy atom. The smallest absolute Gasteiger partial charge is 0.265 e. The molecule has 13 heteroatoms. The molecule has 5 aromatic rings. The minimum absolute atomic E-state index is 0.0447. The fourth-order valence-corrected chi connectivity index (χ4v) is 7.60. The maximum atomic E-state index is 15.5. The summed E-state index contributed by atoms with van der Waals surface area (Å²) < 4.78 is 56.9. The third-order valence-corrected chi connectivity index (χ3v) is 10.8. The highest BCUT2D eigenvalue weighted by molar-refractivity contribution is 6.09. The van der Waals surface area contributed by atoms with E-state index in [4.69, 9.17) is 14.5 Å². The molecule has 52 heavy (non-hydrogen) atoms. The number of nitrogens with zero attached hydrogens (tertiary/aromatic N) is 5. The molecular formula is C39H37F3N6O4. The van der Waals surface area contributed by atoms with Gasteiger partial charge in [-0.25, -0.2) is 18.2 Å². The molecule has 6 heterocycles. The molecule has 2 saturated heterocycles.